The van der Waals surface area contributed by atoms with Crippen molar-refractivity contribution in [3.8, 4) is 0 Å². The SMILES string of the molecule is CN[Si](CCC(F)(F)C(F)(F)C(F)(F)C(F)(F)C(F)(F)C(F)(F)C(F)(F)C(F)(F)F)(NC)NC. The Morgan fingerprint density at radius 2 is 0.706 bits per heavy atom. The lowest BCUT2D eigenvalue weighted by Crippen LogP contribution is -2.74. The number of rotatable bonds is 12. The summed E-state index contributed by atoms with van der Waals surface area (Å²) in [5.41, 5.74) is 0. The molecule has 21 heteroatoms. The summed E-state index contributed by atoms with van der Waals surface area (Å²) in [6.07, 6.45) is -10.2. The predicted octanol–water partition coefficient (Wildman–Crippen LogP) is 4.98. The van der Waals surface area contributed by atoms with Crippen LogP contribution in [0.25, 0.3) is 0 Å². The number of hydrogen-bond donors (Lipinski definition) is 3. The maximum absolute atomic E-state index is 13.9. The molecule has 0 aromatic rings. The lowest BCUT2D eigenvalue weighted by molar-refractivity contribution is -0.461. The number of nitrogens with one attached hydrogen (secondary N) is 3. The van der Waals surface area contributed by atoms with E-state index in [4.69, 9.17) is 0 Å². The van der Waals surface area contributed by atoms with Crippen LogP contribution < -0.4 is 14.9 Å². The number of alkyl halides is 17. The number of hydrogen-bond acceptors (Lipinski definition) is 3. The Kier molecular flexibility index (Phi) is 8.80. The molecule has 3 nitrogen and oxygen atoms in total. The van der Waals surface area contributed by atoms with Crippen molar-refractivity contribution >= 4 is 8.56 Å². The summed E-state index contributed by atoms with van der Waals surface area (Å²) in [6.45, 7) is 0. The molecular weight excluding hydrogens is 549 g/mol. The van der Waals surface area contributed by atoms with E-state index in [2.05, 4.69) is 14.9 Å². The topological polar surface area (TPSA) is 36.1 Å². The van der Waals surface area contributed by atoms with Crippen molar-refractivity contribution in [3.05, 3.63) is 0 Å². The van der Waals surface area contributed by atoms with Gasteiger partial charge in [-0.1, -0.05) is 0 Å². The second-order valence-electron chi connectivity index (χ2n) is 6.80. The molecule has 0 heterocycles. The molecule has 0 atom stereocenters. The van der Waals surface area contributed by atoms with Gasteiger partial charge in [0.25, 0.3) is 8.56 Å². The van der Waals surface area contributed by atoms with Gasteiger partial charge in [-0.25, -0.2) is 0 Å². The molecule has 0 fully saturated rings. The van der Waals surface area contributed by atoms with Crippen LogP contribution in [0.5, 0.6) is 0 Å². The zero-order chi connectivity index (χ0) is 28.0. The quantitative estimate of drug-likeness (QED) is 0.231. The Hall–Kier alpha value is -1.09. The molecule has 0 saturated carbocycles. The molecule has 0 aromatic carbocycles. The highest BCUT2D eigenvalue weighted by atomic mass is 28.4. The highest BCUT2D eigenvalue weighted by Crippen LogP contribution is 2.64. The van der Waals surface area contributed by atoms with Gasteiger partial charge in [-0.15, -0.1) is 0 Å². The van der Waals surface area contributed by atoms with E-state index < -0.39 is 68.7 Å². The highest BCUT2D eigenvalue weighted by molar-refractivity contribution is 6.72. The summed E-state index contributed by atoms with van der Waals surface area (Å²) in [5.74, 6) is -56.1. The average molecular weight is 565 g/mol. The molecule has 0 radical (unpaired) electrons. The molecule has 0 unspecified atom stereocenters. The van der Waals surface area contributed by atoms with Crippen LogP contribution in [0.15, 0.2) is 0 Å². The van der Waals surface area contributed by atoms with Crippen LogP contribution in [0.4, 0.5) is 74.6 Å². The molecule has 0 saturated heterocycles. The van der Waals surface area contributed by atoms with E-state index in [0.717, 1.165) is 21.1 Å². The maximum Gasteiger partial charge on any atom is 0.460 e. The largest absolute Gasteiger partial charge is 0.460 e. The fourth-order valence-electron chi connectivity index (χ4n) is 2.45. The highest BCUT2D eigenvalue weighted by Gasteiger charge is 2.95. The van der Waals surface area contributed by atoms with E-state index in [1.807, 2.05) is 0 Å². The smallest absolute Gasteiger partial charge is 0.316 e. The lowest BCUT2D eigenvalue weighted by atomic mass is 9.88. The molecule has 0 aliphatic carbocycles. The Morgan fingerprint density at radius 3 is 0.971 bits per heavy atom. The third-order valence-electron chi connectivity index (χ3n) is 4.88. The molecule has 0 aliphatic rings. The van der Waals surface area contributed by atoms with E-state index >= 15 is 0 Å². The fraction of sp³-hybridized carbons (Fsp3) is 1.00. The number of halogens is 17. The summed E-state index contributed by atoms with van der Waals surface area (Å²) >= 11 is 0. The summed E-state index contributed by atoms with van der Waals surface area (Å²) in [7, 11) is -0.481. The summed E-state index contributed by atoms with van der Waals surface area (Å²) < 4.78 is 224. The van der Waals surface area contributed by atoms with Crippen molar-refractivity contribution in [2.24, 2.45) is 0 Å². The predicted molar refractivity (Wildman–Crippen MR) is 83.0 cm³/mol. The molecule has 0 aromatic heterocycles. The third kappa shape index (κ3) is 4.55. The van der Waals surface area contributed by atoms with Crippen molar-refractivity contribution in [2.45, 2.75) is 60.1 Å². The van der Waals surface area contributed by atoms with Crippen LogP contribution in [0, 0.1) is 0 Å². The molecule has 0 aliphatic heterocycles. The molecule has 0 bridgehead atoms. The van der Waals surface area contributed by atoms with E-state index in [-0.39, 0.29) is 0 Å². The van der Waals surface area contributed by atoms with Crippen LogP contribution in [-0.2, 0) is 0 Å². The Bertz CT molecular complexity index is 693. The van der Waals surface area contributed by atoms with Gasteiger partial charge >= 0.3 is 47.6 Å². The van der Waals surface area contributed by atoms with Crippen molar-refractivity contribution < 1.29 is 74.6 Å². The van der Waals surface area contributed by atoms with Gasteiger partial charge in [0.05, 0.1) is 0 Å². The van der Waals surface area contributed by atoms with Crippen LogP contribution in [0.3, 0.4) is 0 Å². The van der Waals surface area contributed by atoms with Crippen molar-refractivity contribution in [1.82, 2.24) is 14.9 Å². The molecule has 3 N–H and O–H groups in total. The molecule has 0 amide bonds. The molecule has 34 heavy (non-hydrogen) atoms. The van der Waals surface area contributed by atoms with E-state index in [1.165, 1.54) is 0 Å². The van der Waals surface area contributed by atoms with E-state index in [1.54, 1.807) is 0 Å². The van der Waals surface area contributed by atoms with Gasteiger partial charge in [-0.3, -0.25) is 0 Å². The first-order valence-electron chi connectivity index (χ1n) is 8.42. The summed E-state index contributed by atoms with van der Waals surface area (Å²) in [4.78, 5) is 6.83. The molecule has 0 rings (SSSR count). The third-order valence-corrected chi connectivity index (χ3v) is 8.44. The zero-order valence-corrected chi connectivity index (χ0v) is 17.8. The van der Waals surface area contributed by atoms with Gasteiger partial charge in [0.1, 0.15) is 0 Å². The monoisotopic (exact) mass is 565 g/mol. The van der Waals surface area contributed by atoms with Gasteiger partial charge in [0.2, 0.25) is 0 Å². The van der Waals surface area contributed by atoms with Crippen LogP contribution in [0.2, 0.25) is 6.04 Å². The van der Waals surface area contributed by atoms with Gasteiger partial charge in [-0.05, 0) is 27.2 Å². The van der Waals surface area contributed by atoms with Crippen LogP contribution in [-0.4, -0.2) is 77.3 Å². The first kappa shape index (κ1) is 32.9. The van der Waals surface area contributed by atoms with E-state index in [9.17, 15) is 74.6 Å². The Morgan fingerprint density at radius 1 is 0.441 bits per heavy atom. The molecular formula is C13H16F17N3Si. The summed E-state index contributed by atoms with van der Waals surface area (Å²) in [6, 6.07) is -1.26. The summed E-state index contributed by atoms with van der Waals surface area (Å²) in [5, 5.41) is 0. The Balaban J connectivity index is 6.55. The maximum atomic E-state index is 13.9. The second kappa shape index (κ2) is 9.09. The van der Waals surface area contributed by atoms with Gasteiger partial charge in [-0.2, -0.15) is 74.6 Å². The zero-order valence-electron chi connectivity index (χ0n) is 16.8. The minimum atomic E-state index is -8.61. The normalized spacial score (nSPS) is 16.2. The standard InChI is InChI=1S/C13H16F17N3Si/c1-31-34(32-2,33-3)5-4-6(14,15)7(16,17)8(18,19)9(20,21)10(22,23)11(24,25)12(26,27)13(28,29)30/h31-33H,4-5H2,1-3H3. The van der Waals surface area contributed by atoms with Gasteiger partial charge in [0, 0.05) is 6.42 Å². The van der Waals surface area contributed by atoms with Crippen LogP contribution in [0.1, 0.15) is 6.42 Å². The average Bonchev–Trinajstić information content (AvgIpc) is 2.67. The first-order chi connectivity index (χ1) is 14.6. The Labute approximate surface area is 180 Å². The van der Waals surface area contributed by atoms with Crippen molar-refractivity contribution in [3.63, 3.8) is 0 Å². The second-order valence-corrected chi connectivity index (χ2v) is 10.6. The van der Waals surface area contributed by atoms with Gasteiger partial charge < -0.3 is 14.9 Å². The van der Waals surface area contributed by atoms with Crippen LogP contribution >= 0.6 is 0 Å². The van der Waals surface area contributed by atoms with E-state index in [0.29, 0.717) is 0 Å². The minimum Gasteiger partial charge on any atom is -0.316 e. The van der Waals surface area contributed by atoms with Gasteiger partial charge in [0.15, 0.2) is 0 Å². The minimum absolute atomic E-state index is 1.04. The van der Waals surface area contributed by atoms with Crippen molar-refractivity contribution in [2.75, 3.05) is 21.1 Å². The first-order valence-corrected chi connectivity index (χ1v) is 10.6. The molecule has 206 valence electrons. The van der Waals surface area contributed by atoms with Crippen molar-refractivity contribution in [1.29, 1.82) is 0 Å². The lowest BCUT2D eigenvalue weighted by Gasteiger charge is -2.43. The molecule has 0 spiro atoms. The fourth-order valence-corrected chi connectivity index (χ4v) is 4.64.